The molecule has 0 aliphatic heterocycles. The number of hydrogen-bond acceptors (Lipinski definition) is 4. The molecule has 6 heteroatoms. The summed E-state index contributed by atoms with van der Waals surface area (Å²) in [7, 11) is 0. The number of hydrazine groups is 1. The number of amides is 1. The lowest BCUT2D eigenvalue weighted by atomic mass is 10.1. The Hall–Kier alpha value is -2.86. The molecule has 1 fully saturated rings. The lowest BCUT2D eigenvalue weighted by Gasteiger charge is -2.26. The molecule has 3 atom stereocenters. The summed E-state index contributed by atoms with van der Waals surface area (Å²) in [4.78, 5) is 24.1. The summed E-state index contributed by atoms with van der Waals surface area (Å²) < 4.78 is 0. The van der Waals surface area contributed by atoms with Crippen LogP contribution in [0.15, 0.2) is 54.6 Å². The molecule has 25 heavy (non-hydrogen) atoms. The molecule has 2 aromatic carbocycles. The average Bonchev–Trinajstić information content (AvgIpc) is 3.36. The van der Waals surface area contributed by atoms with Crippen molar-refractivity contribution in [3.8, 4) is 0 Å². The molecule has 130 valence electrons. The minimum absolute atomic E-state index is 0.220. The predicted molar refractivity (Wildman–Crippen MR) is 95.5 cm³/mol. The van der Waals surface area contributed by atoms with Gasteiger partial charge in [-0.2, -0.15) is 0 Å². The number of rotatable bonds is 6. The van der Waals surface area contributed by atoms with Crippen LogP contribution in [0.3, 0.4) is 0 Å². The van der Waals surface area contributed by atoms with E-state index in [0.29, 0.717) is 17.2 Å². The van der Waals surface area contributed by atoms with Gasteiger partial charge in [-0.05, 0) is 31.0 Å². The summed E-state index contributed by atoms with van der Waals surface area (Å²) in [6, 6.07) is 15.5. The SMILES string of the molecule is CC(C(=O)c1ccccc1)N(Nc1ccc(C2CC2N)cc1)C(=O)O. The van der Waals surface area contributed by atoms with Gasteiger partial charge in [-0.3, -0.25) is 10.2 Å². The van der Waals surface area contributed by atoms with Gasteiger partial charge in [0.1, 0.15) is 6.04 Å². The molecule has 4 N–H and O–H groups in total. The van der Waals surface area contributed by atoms with Crippen molar-refractivity contribution in [3.05, 3.63) is 65.7 Å². The van der Waals surface area contributed by atoms with Crippen LogP contribution in [0, 0.1) is 0 Å². The van der Waals surface area contributed by atoms with E-state index >= 15 is 0 Å². The van der Waals surface area contributed by atoms with Crippen LogP contribution in [0.2, 0.25) is 0 Å². The van der Waals surface area contributed by atoms with Crippen molar-refractivity contribution in [1.29, 1.82) is 0 Å². The molecule has 1 aliphatic carbocycles. The lowest BCUT2D eigenvalue weighted by Crippen LogP contribution is -2.46. The molecule has 0 heterocycles. The highest BCUT2D eigenvalue weighted by molar-refractivity contribution is 6.01. The van der Waals surface area contributed by atoms with Gasteiger partial charge < -0.3 is 10.8 Å². The lowest BCUT2D eigenvalue weighted by molar-refractivity contribution is 0.0843. The van der Waals surface area contributed by atoms with E-state index in [1.54, 1.807) is 43.3 Å². The standard InChI is InChI=1S/C19H21N3O3/c1-12(18(23)14-5-3-2-4-6-14)22(19(24)25)21-15-9-7-13(8-10-15)16-11-17(16)20/h2-10,12,16-17,21H,11,20H2,1H3,(H,24,25). The maximum absolute atomic E-state index is 12.5. The first-order valence-electron chi connectivity index (χ1n) is 8.21. The molecular weight excluding hydrogens is 318 g/mol. The molecule has 0 radical (unpaired) electrons. The van der Waals surface area contributed by atoms with Crippen molar-refractivity contribution < 1.29 is 14.7 Å². The molecule has 0 spiro atoms. The number of Topliss-reactive ketones (excluding diaryl/α,β-unsaturated/α-hetero) is 1. The third kappa shape index (κ3) is 3.80. The smallest absolute Gasteiger partial charge is 0.426 e. The van der Waals surface area contributed by atoms with Gasteiger partial charge in [0, 0.05) is 17.5 Å². The Morgan fingerprint density at radius 3 is 2.28 bits per heavy atom. The first kappa shape index (κ1) is 17.0. The van der Waals surface area contributed by atoms with Crippen LogP contribution >= 0.6 is 0 Å². The molecule has 0 saturated heterocycles. The van der Waals surface area contributed by atoms with E-state index in [1.807, 2.05) is 18.2 Å². The van der Waals surface area contributed by atoms with Crippen molar-refractivity contribution in [1.82, 2.24) is 5.01 Å². The van der Waals surface area contributed by atoms with Gasteiger partial charge in [0.25, 0.3) is 0 Å². The second kappa shape index (κ2) is 6.94. The van der Waals surface area contributed by atoms with Gasteiger partial charge in [0.15, 0.2) is 5.78 Å². The van der Waals surface area contributed by atoms with Crippen molar-refractivity contribution in [2.75, 3.05) is 5.43 Å². The predicted octanol–water partition coefficient (Wildman–Crippen LogP) is 3.08. The maximum atomic E-state index is 12.5. The number of carboxylic acid groups (broad SMARTS) is 1. The minimum Gasteiger partial charge on any atom is -0.464 e. The van der Waals surface area contributed by atoms with Crippen LogP contribution in [-0.2, 0) is 0 Å². The third-order valence-corrected chi connectivity index (χ3v) is 4.46. The summed E-state index contributed by atoms with van der Waals surface area (Å²) in [6.45, 7) is 1.56. The summed E-state index contributed by atoms with van der Waals surface area (Å²) in [6.07, 6.45) is -0.235. The number of benzene rings is 2. The highest BCUT2D eigenvalue weighted by Gasteiger charge is 2.34. The second-order valence-corrected chi connectivity index (χ2v) is 6.30. The molecule has 2 aromatic rings. The third-order valence-electron chi connectivity index (χ3n) is 4.46. The van der Waals surface area contributed by atoms with Gasteiger partial charge in [-0.25, -0.2) is 9.80 Å². The van der Waals surface area contributed by atoms with E-state index in [9.17, 15) is 14.7 Å². The Balaban J connectivity index is 1.72. The van der Waals surface area contributed by atoms with E-state index in [0.717, 1.165) is 17.0 Å². The van der Waals surface area contributed by atoms with Crippen molar-refractivity contribution in [2.45, 2.75) is 31.3 Å². The van der Waals surface area contributed by atoms with E-state index < -0.39 is 12.1 Å². The van der Waals surface area contributed by atoms with Gasteiger partial charge in [-0.1, -0.05) is 42.5 Å². The first-order chi connectivity index (χ1) is 12.0. The molecule has 6 nitrogen and oxygen atoms in total. The number of nitrogens with zero attached hydrogens (tertiary/aromatic N) is 1. The van der Waals surface area contributed by atoms with E-state index in [1.165, 1.54) is 0 Å². The van der Waals surface area contributed by atoms with Gasteiger partial charge in [0.2, 0.25) is 0 Å². The number of carbonyl (C=O) groups is 2. The molecule has 0 aromatic heterocycles. The summed E-state index contributed by atoms with van der Waals surface area (Å²) in [5.74, 6) is 0.124. The summed E-state index contributed by atoms with van der Waals surface area (Å²) in [5, 5.41) is 10.4. The van der Waals surface area contributed by atoms with Gasteiger partial charge >= 0.3 is 6.09 Å². The zero-order chi connectivity index (χ0) is 18.0. The van der Waals surface area contributed by atoms with Crippen LogP contribution in [0.5, 0.6) is 0 Å². The van der Waals surface area contributed by atoms with Crippen LogP contribution in [0.1, 0.15) is 35.2 Å². The molecule has 0 bridgehead atoms. The molecule has 1 aliphatic rings. The molecule has 1 saturated carbocycles. The quantitative estimate of drug-likeness (QED) is 0.555. The molecule has 3 rings (SSSR count). The fourth-order valence-corrected chi connectivity index (χ4v) is 2.81. The number of hydrogen-bond donors (Lipinski definition) is 3. The Morgan fingerprint density at radius 2 is 1.76 bits per heavy atom. The number of anilines is 1. The highest BCUT2D eigenvalue weighted by atomic mass is 16.4. The van der Waals surface area contributed by atoms with Gasteiger partial charge in [0.05, 0.1) is 5.69 Å². The van der Waals surface area contributed by atoms with Gasteiger partial charge in [-0.15, -0.1) is 0 Å². The Morgan fingerprint density at radius 1 is 1.16 bits per heavy atom. The summed E-state index contributed by atoms with van der Waals surface area (Å²) >= 11 is 0. The molecule has 1 amide bonds. The Bertz CT molecular complexity index is 761. The minimum atomic E-state index is -1.22. The van der Waals surface area contributed by atoms with Crippen molar-refractivity contribution >= 4 is 17.6 Å². The van der Waals surface area contributed by atoms with Crippen LogP contribution in [0.25, 0.3) is 0 Å². The van der Waals surface area contributed by atoms with Crippen LogP contribution in [0.4, 0.5) is 10.5 Å². The van der Waals surface area contributed by atoms with E-state index in [4.69, 9.17) is 5.73 Å². The largest absolute Gasteiger partial charge is 0.464 e. The number of nitrogens with two attached hydrogens (primary N) is 1. The van der Waals surface area contributed by atoms with E-state index in [-0.39, 0.29) is 11.8 Å². The normalized spacial score (nSPS) is 19.8. The second-order valence-electron chi connectivity index (χ2n) is 6.30. The van der Waals surface area contributed by atoms with Crippen LogP contribution in [-0.4, -0.2) is 34.1 Å². The molecule has 3 unspecified atom stereocenters. The van der Waals surface area contributed by atoms with Crippen molar-refractivity contribution in [3.63, 3.8) is 0 Å². The zero-order valence-electron chi connectivity index (χ0n) is 13.9. The topological polar surface area (TPSA) is 95.7 Å². The Labute approximate surface area is 146 Å². The Kier molecular flexibility index (Phi) is 4.72. The average molecular weight is 339 g/mol. The summed E-state index contributed by atoms with van der Waals surface area (Å²) in [5.41, 5.74) is 10.9. The zero-order valence-corrected chi connectivity index (χ0v) is 13.9. The monoisotopic (exact) mass is 339 g/mol. The highest BCUT2D eigenvalue weighted by Crippen LogP contribution is 2.39. The number of ketones is 1. The fraction of sp³-hybridized carbons (Fsp3) is 0.263. The maximum Gasteiger partial charge on any atom is 0.426 e. The van der Waals surface area contributed by atoms with E-state index in [2.05, 4.69) is 5.43 Å². The number of nitrogens with one attached hydrogen (secondary N) is 1. The number of carbonyl (C=O) groups excluding carboxylic acids is 1. The van der Waals surface area contributed by atoms with Crippen LogP contribution < -0.4 is 11.2 Å². The fourth-order valence-electron chi connectivity index (χ4n) is 2.81. The first-order valence-corrected chi connectivity index (χ1v) is 8.21. The molecular formula is C19H21N3O3. The van der Waals surface area contributed by atoms with Crippen molar-refractivity contribution in [2.24, 2.45) is 5.73 Å².